The van der Waals surface area contributed by atoms with E-state index < -0.39 is 0 Å². The van der Waals surface area contributed by atoms with Crippen molar-refractivity contribution in [1.82, 2.24) is 9.38 Å². The fourth-order valence-corrected chi connectivity index (χ4v) is 1.77. The van der Waals surface area contributed by atoms with Crippen molar-refractivity contribution < 1.29 is 0 Å². The van der Waals surface area contributed by atoms with Crippen molar-refractivity contribution in [3.63, 3.8) is 0 Å². The molecule has 14 heavy (non-hydrogen) atoms. The topological polar surface area (TPSA) is 43.3 Å². The van der Waals surface area contributed by atoms with Gasteiger partial charge in [0.1, 0.15) is 0 Å². The number of nitrogen functional groups attached to an aromatic ring is 1. The predicted molar refractivity (Wildman–Crippen MR) is 57.1 cm³/mol. The van der Waals surface area contributed by atoms with E-state index in [1.807, 2.05) is 28.7 Å². The first-order valence-electron chi connectivity index (χ1n) is 4.45. The van der Waals surface area contributed by atoms with Gasteiger partial charge < -0.3 is 5.73 Å². The minimum atomic E-state index is 0.765. The van der Waals surface area contributed by atoms with E-state index in [9.17, 15) is 0 Å². The number of hydrogen-bond donors (Lipinski definition) is 1. The first-order chi connectivity index (χ1) is 6.86. The van der Waals surface area contributed by atoms with Gasteiger partial charge in [0.2, 0.25) is 0 Å². The lowest BCUT2D eigenvalue weighted by molar-refractivity contribution is 1.21. The third-order valence-electron chi connectivity index (χ3n) is 2.44. The Balaban J connectivity index is 2.66. The molecule has 3 nitrogen and oxygen atoms in total. The maximum Gasteiger partial charge on any atom is 0.0997 e. The molecule has 0 spiro atoms. The van der Waals surface area contributed by atoms with Gasteiger partial charge in [-0.25, -0.2) is 4.98 Å². The molecule has 3 heteroatoms. The number of benzene rings is 1. The van der Waals surface area contributed by atoms with E-state index in [1.165, 1.54) is 0 Å². The van der Waals surface area contributed by atoms with Crippen molar-refractivity contribution >= 4 is 22.1 Å². The van der Waals surface area contributed by atoms with Crippen LogP contribution in [-0.2, 0) is 0 Å². The molecule has 0 radical (unpaired) electrons. The fourth-order valence-electron chi connectivity index (χ4n) is 1.77. The Hall–Kier alpha value is -2.03. The zero-order valence-corrected chi connectivity index (χ0v) is 7.51. The third-order valence-corrected chi connectivity index (χ3v) is 2.44. The van der Waals surface area contributed by atoms with Crippen molar-refractivity contribution in [2.24, 2.45) is 0 Å². The number of pyridine rings is 1. The van der Waals surface area contributed by atoms with Crippen molar-refractivity contribution in [1.29, 1.82) is 0 Å². The number of aromatic nitrogens is 2. The second kappa shape index (κ2) is 2.48. The van der Waals surface area contributed by atoms with E-state index >= 15 is 0 Å². The lowest BCUT2D eigenvalue weighted by Crippen LogP contribution is -1.92. The highest BCUT2D eigenvalue weighted by Crippen LogP contribution is 2.21. The van der Waals surface area contributed by atoms with Crippen LogP contribution in [0.4, 0.5) is 5.69 Å². The van der Waals surface area contributed by atoms with E-state index in [1.54, 1.807) is 12.5 Å². The van der Waals surface area contributed by atoms with Crippen LogP contribution < -0.4 is 5.73 Å². The minimum Gasteiger partial charge on any atom is -0.397 e. The number of imidazole rings is 1. The van der Waals surface area contributed by atoms with E-state index in [4.69, 9.17) is 5.73 Å². The Bertz CT molecular complexity index is 610. The number of para-hydroxylation sites is 1. The Labute approximate surface area is 80.8 Å². The molecule has 2 aromatic heterocycles. The second-order valence-electron chi connectivity index (χ2n) is 3.31. The second-order valence-corrected chi connectivity index (χ2v) is 3.31. The van der Waals surface area contributed by atoms with Gasteiger partial charge in [0, 0.05) is 5.39 Å². The molecule has 2 N–H and O–H groups in total. The van der Waals surface area contributed by atoms with Crippen LogP contribution in [0.1, 0.15) is 0 Å². The molecule has 1 aromatic carbocycles. The van der Waals surface area contributed by atoms with Crippen LogP contribution in [-0.4, -0.2) is 9.38 Å². The first kappa shape index (κ1) is 7.38. The predicted octanol–water partition coefficient (Wildman–Crippen LogP) is 2.07. The van der Waals surface area contributed by atoms with Crippen LogP contribution in [0.3, 0.4) is 0 Å². The molecule has 0 bridgehead atoms. The van der Waals surface area contributed by atoms with Gasteiger partial charge in [-0.1, -0.05) is 18.2 Å². The highest BCUT2D eigenvalue weighted by molar-refractivity contribution is 5.89. The Morgan fingerprint density at radius 2 is 2.00 bits per heavy atom. The molecule has 0 saturated heterocycles. The molecule has 0 fully saturated rings. The summed E-state index contributed by atoms with van der Waals surface area (Å²) in [5.74, 6) is 0. The van der Waals surface area contributed by atoms with Gasteiger partial charge in [0.25, 0.3) is 0 Å². The van der Waals surface area contributed by atoms with E-state index in [2.05, 4.69) is 11.1 Å². The Kier molecular flexibility index (Phi) is 1.31. The van der Waals surface area contributed by atoms with Gasteiger partial charge in [-0.15, -0.1) is 0 Å². The summed E-state index contributed by atoms with van der Waals surface area (Å²) in [6.45, 7) is 0. The first-order valence-corrected chi connectivity index (χ1v) is 4.45. The lowest BCUT2D eigenvalue weighted by Gasteiger charge is -2.04. The van der Waals surface area contributed by atoms with Crippen LogP contribution in [0.25, 0.3) is 16.4 Å². The quantitative estimate of drug-likeness (QED) is 0.579. The maximum atomic E-state index is 5.91. The van der Waals surface area contributed by atoms with Crippen molar-refractivity contribution in [3.8, 4) is 0 Å². The van der Waals surface area contributed by atoms with Crippen molar-refractivity contribution in [2.45, 2.75) is 0 Å². The van der Waals surface area contributed by atoms with Crippen LogP contribution in [0.15, 0.2) is 42.9 Å². The minimum absolute atomic E-state index is 0.765. The van der Waals surface area contributed by atoms with Crippen molar-refractivity contribution in [2.75, 3.05) is 5.73 Å². The summed E-state index contributed by atoms with van der Waals surface area (Å²) < 4.78 is 2.00. The molecule has 0 unspecified atom stereocenters. The van der Waals surface area contributed by atoms with Crippen LogP contribution in [0, 0.1) is 0 Å². The molecular formula is C11H9N3. The molecule has 0 aliphatic carbocycles. The van der Waals surface area contributed by atoms with Gasteiger partial charge >= 0.3 is 0 Å². The Morgan fingerprint density at radius 3 is 2.93 bits per heavy atom. The lowest BCUT2D eigenvalue weighted by atomic mass is 10.2. The normalized spacial score (nSPS) is 11.1. The Morgan fingerprint density at radius 1 is 1.14 bits per heavy atom. The number of hydrogen-bond acceptors (Lipinski definition) is 2. The monoisotopic (exact) mass is 183 g/mol. The number of fused-ring (bicyclic) bond motifs is 3. The summed E-state index contributed by atoms with van der Waals surface area (Å²) in [6, 6.07) is 10.1. The standard InChI is InChI=1S/C11H9N3/c12-9-5-8-3-1-2-4-10(8)14-7-13-6-11(9)14/h1-7H,12H2. The molecule has 0 aliphatic heterocycles. The van der Waals surface area contributed by atoms with E-state index in [0.717, 1.165) is 22.1 Å². The van der Waals surface area contributed by atoms with Gasteiger partial charge in [-0.3, -0.25) is 4.40 Å². The summed E-state index contributed by atoms with van der Waals surface area (Å²) in [5.41, 5.74) is 8.77. The average Bonchev–Trinajstić information content (AvgIpc) is 2.67. The molecule has 3 aromatic rings. The molecule has 0 atom stereocenters. The smallest absolute Gasteiger partial charge is 0.0997 e. The van der Waals surface area contributed by atoms with E-state index in [-0.39, 0.29) is 0 Å². The zero-order chi connectivity index (χ0) is 9.54. The summed E-state index contributed by atoms with van der Waals surface area (Å²) in [7, 11) is 0. The van der Waals surface area contributed by atoms with Crippen LogP contribution >= 0.6 is 0 Å². The van der Waals surface area contributed by atoms with Crippen LogP contribution in [0.5, 0.6) is 0 Å². The summed E-state index contributed by atoms with van der Waals surface area (Å²) in [4.78, 5) is 4.10. The van der Waals surface area contributed by atoms with Crippen LogP contribution in [0.2, 0.25) is 0 Å². The zero-order valence-electron chi connectivity index (χ0n) is 7.51. The summed E-state index contributed by atoms with van der Waals surface area (Å²) in [5, 5.41) is 1.13. The highest BCUT2D eigenvalue weighted by Gasteiger charge is 2.02. The van der Waals surface area contributed by atoms with E-state index in [0.29, 0.717) is 0 Å². The number of nitrogens with zero attached hydrogens (tertiary/aromatic N) is 2. The third kappa shape index (κ3) is 0.836. The molecule has 68 valence electrons. The molecule has 0 aliphatic rings. The van der Waals surface area contributed by atoms with Gasteiger partial charge in [0.15, 0.2) is 0 Å². The fraction of sp³-hybridized carbons (Fsp3) is 0. The van der Waals surface area contributed by atoms with Gasteiger partial charge in [-0.2, -0.15) is 0 Å². The van der Waals surface area contributed by atoms with Gasteiger partial charge in [-0.05, 0) is 12.1 Å². The summed E-state index contributed by atoms with van der Waals surface area (Å²) in [6.07, 6.45) is 3.57. The molecule has 0 amide bonds. The highest BCUT2D eigenvalue weighted by atomic mass is 15.0. The molecule has 3 rings (SSSR count). The number of anilines is 1. The molecule has 0 saturated carbocycles. The number of nitrogens with two attached hydrogens (primary N) is 1. The molecule has 2 heterocycles. The largest absolute Gasteiger partial charge is 0.397 e. The SMILES string of the molecule is Nc1cc2ccccc2n2cncc12. The average molecular weight is 183 g/mol. The maximum absolute atomic E-state index is 5.91. The molecular weight excluding hydrogens is 174 g/mol. The van der Waals surface area contributed by atoms with Gasteiger partial charge in [0.05, 0.1) is 29.2 Å². The number of rotatable bonds is 0. The summed E-state index contributed by atoms with van der Waals surface area (Å²) >= 11 is 0. The van der Waals surface area contributed by atoms with Crippen molar-refractivity contribution in [3.05, 3.63) is 42.9 Å².